The van der Waals surface area contributed by atoms with E-state index in [1.54, 1.807) is 14.2 Å². The maximum Gasteiger partial charge on any atom is 0.191 e. The fraction of sp³-hybridized carbons (Fsp3) is 0.316. The molecule has 0 radical (unpaired) electrons. The minimum atomic E-state index is 0.765. The Morgan fingerprint density at radius 1 is 1.00 bits per heavy atom. The number of aliphatic imine (C=N–C) groups is 1. The predicted molar refractivity (Wildman–Crippen MR) is 96.1 cm³/mol. The quantitative estimate of drug-likeness (QED) is 0.637. The molecule has 0 saturated carbocycles. The SMILES string of the molecule is CN=C(NCCc1ccccc1OC)NCc1ccccc1C. The molecular formula is C19H25N3O. The summed E-state index contributed by atoms with van der Waals surface area (Å²) in [5.74, 6) is 1.74. The number of nitrogens with one attached hydrogen (secondary N) is 2. The number of benzene rings is 2. The van der Waals surface area contributed by atoms with Gasteiger partial charge in [-0.2, -0.15) is 0 Å². The Kier molecular flexibility index (Phi) is 6.48. The molecule has 4 heteroatoms. The van der Waals surface area contributed by atoms with E-state index in [-0.39, 0.29) is 0 Å². The third-order valence-electron chi connectivity index (χ3n) is 3.81. The van der Waals surface area contributed by atoms with E-state index < -0.39 is 0 Å². The first-order valence-electron chi connectivity index (χ1n) is 7.85. The van der Waals surface area contributed by atoms with Gasteiger partial charge in [-0.3, -0.25) is 4.99 Å². The Balaban J connectivity index is 1.83. The monoisotopic (exact) mass is 311 g/mol. The summed E-state index contributed by atoms with van der Waals surface area (Å²) in [5, 5.41) is 6.69. The van der Waals surface area contributed by atoms with Crippen LogP contribution in [0.3, 0.4) is 0 Å². The van der Waals surface area contributed by atoms with Crippen molar-refractivity contribution in [3.05, 3.63) is 65.2 Å². The van der Waals surface area contributed by atoms with Crippen LogP contribution in [0.15, 0.2) is 53.5 Å². The van der Waals surface area contributed by atoms with Crippen molar-refractivity contribution in [3.63, 3.8) is 0 Å². The normalized spacial score (nSPS) is 11.2. The Bertz CT molecular complexity index is 653. The Morgan fingerprint density at radius 2 is 1.70 bits per heavy atom. The van der Waals surface area contributed by atoms with Crippen LogP contribution in [0.4, 0.5) is 0 Å². The molecular weight excluding hydrogens is 286 g/mol. The van der Waals surface area contributed by atoms with Gasteiger partial charge in [-0.05, 0) is 36.1 Å². The minimum absolute atomic E-state index is 0.765. The van der Waals surface area contributed by atoms with E-state index >= 15 is 0 Å². The molecule has 0 unspecified atom stereocenters. The zero-order valence-corrected chi connectivity index (χ0v) is 14.1. The summed E-state index contributed by atoms with van der Waals surface area (Å²) in [6, 6.07) is 16.5. The summed E-state index contributed by atoms with van der Waals surface area (Å²) in [5.41, 5.74) is 3.75. The molecule has 122 valence electrons. The third-order valence-corrected chi connectivity index (χ3v) is 3.81. The van der Waals surface area contributed by atoms with Gasteiger partial charge < -0.3 is 15.4 Å². The van der Waals surface area contributed by atoms with E-state index in [2.05, 4.69) is 52.9 Å². The molecule has 2 rings (SSSR count). The van der Waals surface area contributed by atoms with Crippen LogP contribution in [0.2, 0.25) is 0 Å². The minimum Gasteiger partial charge on any atom is -0.496 e. The molecule has 2 aromatic rings. The van der Waals surface area contributed by atoms with Gasteiger partial charge in [0.2, 0.25) is 0 Å². The number of methoxy groups -OCH3 is 1. The van der Waals surface area contributed by atoms with E-state index in [0.29, 0.717) is 0 Å². The van der Waals surface area contributed by atoms with Crippen molar-refractivity contribution < 1.29 is 4.74 Å². The first-order valence-corrected chi connectivity index (χ1v) is 7.85. The van der Waals surface area contributed by atoms with Crippen molar-refractivity contribution in [1.82, 2.24) is 10.6 Å². The van der Waals surface area contributed by atoms with Crippen molar-refractivity contribution >= 4 is 5.96 Å². The van der Waals surface area contributed by atoms with Crippen LogP contribution in [0, 0.1) is 6.92 Å². The highest BCUT2D eigenvalue weighted by Gasteiger charge is 2.03. The van der Waals surface area contributed by atoms with Gasteiger partial charge in [0.05, 0.1) is 7.11 Å². The van der Waals surface area contributed by atoms with Gasteiger partial charge in [-0.1, -0.05) is 42.5 Å². The molecule has 0 aliphatic carbocycles. The number of guanidine groups is 1. The number of nitrogens with zero attached hydrogens (tertiary/aromatic N) is 1. The average Bonchev–Trinajstić information content (AvgIpc) is 2.59. The van der Waals surface area contributed by atoms with Crippen molar-refractivity contribution in [3.8, 4) is 5.75 Å². The molecule has 0 saturated heterocycles. The molecule has 2 N–H and O–H groups in total. The summed E-state index contributed by atoms with van der Waals surface area (Å²) in [6.45, 7) is 3.68. The van der Waals surface area contributed by atoms with Crippen molar-refractivity contribution in [2.24, 2.45) is 4.99 Å². The van der Waals surface area contributed by atoms with Crippen molar-refractivity contribution in [1.29, 1.82) is 0 Å². The van der Waals surface area contributed by atoms with Crippen molar-refractivity contribution in [2.75, 3.05) is 20.7 Å². The lowest BCUT2D eigenvalue weighted by atomic mass is 10.1. The van der Waals surface area contributed by atoms with Gasteiger partial charge in [-0.25, -0.2) is 0 Å². The van der Waals surface area contributed by atoms with E-state index in [1.807, 2.05) is 18.2 Å². The first kappa shape index (κ1) is 16.9. The fourth-order valence-electron chi connectivity index (χ4n) is 2.43. The molecule has 0 fully saturated rings. The largest absolute Gasteiger partial charge is 0.496 e. The Hall–Kier alpha value is -2.49. The lowest BCUT2D eigenvalue weighted by Crippen LogP contribution is -2.38. The Labute approximate surface area is 138 Å². The van der Waals surface area contributed by atoms with Crippen LogP contribution in [0.5, 0.6) is 5.75 Å². The molecule has 0 aromatic heterocycles. The van der Waals surface area contributed by atoms with Gasteiger partial charge >= 0.3 is 0 Å². The van der Waals surface area contributed by atoms with Gasteiger partial charge in [0.15, 0.2) is 5.96 Å². The molecule has 23 heavy (non-hydrogen) atoms. The Morgan fingerprint density at radius 3 is 2.39 bits per heavy atom. The number of hydrogen-bond acceptors (Lipinski definition) is 2. The van der Waals surface area contributed by atoms with E-state index in [0.717, 1.165) is 31.2 Å². The summed E-state index contributed by atoms with van der Waals surface area (Å²) >= 11 is 0. The molecule has 2 aromatic carbocycles. The van der Waals surface area contributed by atoms with Gasteiger partial charge in [0.1, 0.15) is 5.75 Å². The topological polar surface area (TPSA) is 45.7 Å². The van der Waals surface area contributed by atoms with E-state index in [1.165, 1.54) is 16.7 Å². The average molecular weight is 311 g/mol. The summed E-state index contributed by atoms with van der Waals surface area (Å²) in [4.78, 5) is 4.27. The second kappa shape index (κ2) is 8.83. The number of ether oxygens (including phenoxy) is 1. The maximum atomic E-state index is 5.37. The highest BCUT2D eigenvalue weighted by Crippen LogP contribution is 2.17. The molecule has 0 aliphatic rings. The van der Waals surface area contributed by atoms with Crippen LogP contribution in [-0.4, -0.2) is 26.7 Å². The van der Waals surface area contributed by atoms with Crippen LogP contribution in [-0.2, 0) is 13.0 Å². The van der Waals surface area contributed by atoms with Crippen molar-refractivity contribution in [2.45, 2.75) is 19.9 Å². The maximum absolute atomic E-state index is 5.37. The van der Waals surface area contributed by atoms with Gasteiger partial charge in [0, 0.05) is 20.1 Å². The molecule has 0 atom stereocenters. The number of aryl methyl sites for hydroxylation is 1. The lowest BCUT2D eigenvalue weighted by Gasteiger charge is -2.14. The molecule has 0 amide bonds. The zero-order valence-electron chi connectivity index (χ0n) is 14.1. The summed E-state index contributed by atoms with van der Waals surface area (Å²) in [6.07, 6.45) is 0.884. The molecule has 0 spiro atoms. The van der Waals surface area contributed by atoms with Gasteiger partial charge in [0.25, 0.3) is 0 Å². The van der Waals surface area contributed by atoms with Gasteiger partial charge in [-0.15, -0.1) is 0 Å². The lowest BCUT2D eigenvalue weighted by molar-refractivity contribution is 0.409. The van der Waals surface area contributed by atoms with E-state index in [4.69, 9.17) is 4.74 Å². The highest BCUT2D eigenvalue weighted by molar-refractivity contribution is 5.79. The number of hydrogen-bond donors (Lipinski definition) is 2. The molecule has 0 heterocycles. The summed E-state index contributed by atoms with van der Waals surface area (Å²) in [7, 11) is 3.49. The highest BCUT2D eigenvalue weighted by atomic mass is 16.5. The number of para-hydroxylation sites is 1. The van der Waals surface area contributed by atoms with Crippen LogP contribution >= 0.6 is 0 Å². The smallest absolute Gasteiger partial charge is 0.191 e. The second-order valence-corrected chi connectivity index (χ2v) is 5.34. The zero-order chi connectivity index (χ0) is 16.5. The standard InChI is InChI=1S/C19H25N3O/c1-15-8-4-5-10-17(15)14-22-19(20-2)21-13-12-16-9-6-7-11-18(16)23-3/h4-11H,12-14H2,1-3H3,(H2,20,21,22). The predicted octanol–water partition coefficient (Wildman–Crippen LogP) is 2.91. The summed E-state index contributed by atoms with van der Waals surface area (Å²) < 4.78 is 5.37. The fourth-order valence-corrected chi connectivity index (χ4v) is 2.43. The number of rotatable bonds is 6. The molecule has 0 aliphatic heterocycles. The first-order chi connectivity index (χ1) is 11.2. The second-order valence-electron chi connectivity index (χ2n) is 5.34. The third kappa shape index (κ3) is 5.02. The van der Waals surface area contributed by atoms with E-state index in [9.17, 15) is 0 Å². The molecule has 4 nitrogen and oxygen atoms in total. The van der Waals surface area contributed by atoms with Crippen LogP contribution < -0.4 is 15.4 Å². The van der Waals surface area contributed by atoms with Crippen LogP contribution in [0.25, 0.3) is 0 Å². The van der Waals surface area contributed by atoms with Crippen LogP contribution in [0.1, 0.15) is 16.7 Å². The molecule has 0 bridgehead atoms.